The molecule has 0 amide bonds. The van der Waals surface area contributed by atoms with Gasteiger partial charge < -0.3 is 0 Å². The zero-order valence-corrected chi connectivity index (χ0v) is 11.2. The van der Waals surface area contributed by atoms with Crippen molar-refractivity contribution < 1.29 is 0 Å². The summed E-state index contributed by atoms with van der Waals surface area (Å²) in [6, 6.07) is 14.3. The van der Waals surface area contributed by atoms with Crippen molar-refractivity contribution >= 4 is 22.7 Å². The molecule has 2 aromatic carbocycles. The quantitative estimate of drug-likeness (QED) is 0.445. The van der Waals surface area contributed by atoms with E-state index in [0.717, 1.165) is 28.0 Å². The molecule has 2 nitrogen and oxygen atoms in total. The molecule has 0 fully saturated rings. The van der Waals surface area contributed by atoms with Crippen molar-refractivity contribution in [3.05, 3.63) is 77.2 Å². The molecule has 0 aliphatic heterocycles. The van der Waals surface area contributed by atoms with E-state index in [2.05, 4.69) is 30.0 Å². The van der Waals surface area contributed by atoms with Gasteiger partial charge in [-0.25, -0.2) is 9.97 Å². The van der Waals surface area contributed by atoms with Crippen LogP contribution in [0.2, 0.25) is 0 Å². The van der Waals surface area contributed by atoms with E-state index >= 15 is 0 Å². The molecule has 1 aromatic heterocycles. The minimum atomic E-state index is 0.938. The van der Waals surface area contributed by atoms with Gasteiger partial charge in [0.1, 0.15) is 0 Å². The Labute approximate surface area is 121 Å². The van der Waals surface area contributed by atoms with Crippen LogP contribution in [-0.4, -0.2) is 9.97 Å². The molecular weight excluding hydrogens is 256 g/mol. The number of fused-ring (bicyclic) bond motifs is 4. The van der Waals surface area contributed by atoms with Crippen LogP contribution in [0.15, 0.2) is 60.3 Å². The first-order valence-corrected chi connectivity index (χ1v) is 6.95. The number of aromatic nitrogens is 2. The van der Waals surface area contributed by atoms with Crippen LogP contribution in [0, 0.1) is 0 Å². The molecule has 2 heteroatoms. The van der Waals surface area contributed by atoms with E-state index in [1.807, 2.05) is 36.4 Å². The van der Waals surface area contributed by atoms with Gasteiger partial charge in [-0.2, -0.15) is 0 Å². The van der Waals surface area contributed by atoms with E-state index in [1.54, 1.807) is 0 Å². The summed E-state index contributed by atoms with van der Waals surface area (Å²) in [5, 5.41) is 0. The number of hydrogen-bond acceptors (Lipinski definition) is 2. The van der Waals surface area contributed by atoms with Crippen molar-refractivity contribution in [2.45, 2.75) is 0 Å². The maximum absolute atomic E-state index is 4.85. The second kappa shape index (κ2) is 3.78. The fourth-order valence-corrected chi connectivity index (χ4v) is 3.11. The first-order valence-electron chi connectivity index (χ1n) is 6.95. The predicted octanol–water partition coefficient (Wildman–Crippen LogP) is 4.22. The average Bonchev–Trinajstić information content (AvgIpc) is 2.69. The molecule has 0 radical (unpaired) electrons. The van der Waals surface area contributed by atoms with Gasteiger partial charge in [0.2, 0.25) is 0 Å². The summed E-state index contributed by atoms with van der Waals surface area (Å²) < 4.78 is 0. The Bertz CT molecular complexity index is 1020. The molecule has 2 aliphatic carbocycles. The molecule has 5 rings (SSSR count). The lowest BCUT2D eigenvalue weighted by molar-refractivity contribution is 1.28. The minimum Gasteiger partial charge on any atom is -0.244 e. The molecule has 0 N–H and O–H groups in total. The highest BCUT2D eigenvalue weighted by Crippen LogP contribution is 2.45. The van der Waals surface area contributed by atoms with Crippen LogP contribution in [-0.2, 0) is 0 Å². The SMILES string of the molecule is C1=CC=C2c3nc4ccccc4nc3-c3cccc(c32)C=1. The molecule has 21 heavy (non-hydrogen) atoms. The van der Waals surface area contributed by atoms with Gasteiger partial charge in [0, 0.05) is 16.7 Å². The third-order valence-corrected chi connectivity index (χ3v) is 4.03. The van der Waals surface area contributed by atoms with E-state index in [4.69, 9.17) is 9.97 Å². The molecule has 0 unspecified atom stereocenters. The number of para-hydroxylation sites is 2. The second-order valence-electron chi connectivity index (χ2n) is 5.24. The monoisotopic (exact) mass is 266 g/mol. The van der Waals surface area contributed by atoms with Crippen molar-refractivity contribution in [2.24, 2.45) is 0 Å². The van der Waals surface area contributed by atoms with E-state index in [9.17, 15) is 0 Å². The fourth-order valence-electron chi connectivity index (χ4n) is 3.11. The minimum absolute atomic E-state index is 0.938. The van der Waals surface area contributed by atoms with Crippen LogP contribution in [0.25, 0.3) is 33.9 Å². The summed E-state index contributed by atoms with van der Waals surface area (Å²) in [5.74, 6) is 0. The van der Waals surface area contributed by atoms with Crippen molar-refractivity contribution in [2.75, 3.05) is 0 Å². The highest BCUT2D eigenvalue weighted by molar-refractivity contribution is 6.03. The fraction of sp³-hybridized carbons (Fsp3) is 0. The maximum Gasteiger partial charge on any atom is 0.0979 e. The third-order valence-electron chi connectivity index (χ3n) is 4.03. The zero-order chi connectivity index (χ0) is 13.8. The molecule has 0 spiro atoms. The number of allylic oxidation sites excluding steroid dienone is 2. The number of rotatable bonds is 0. The first-order chi connectivity index (χ1) is 10.4. The van der Waals surface area contributed by atoms with Gasteiger partial charge in [0.15, 0.2) is 0 Å². The van der Waals surface area contributed by atoms with E-state index in [1.165, 1.54) is 16.7 Å². The standard InChI is InChI=1S/C19H10N2/c1-2-8-13-17-12(6-1)7-5-9-14(17)19-18(13)20-15-10-3-4-11-16(15)21-19/h2-11H. The third kappa shape index (κ3) is 1.37. The van der Waals surface area contributed by atoms with Gasteiger partial charge in [0.05, 0.1) is 22.4 Å². The summed E-state index contributed by atoms with van der Waals surface area (Å²) in [6.45, 7) is 0. The molecule has 1 heterocycles. The van der Waals surface area contributed by atoms with Crippen molar-refractivity contribution in [1.82, 2.24) is 9.97 Å². The number of hydrogen-bond donors (Lipinski definition) is 0. The van der Waals surface area contributed by atoms with Gasteiger partial charge in [-0.05, 0) is 35.9 Å². The Morgan fingerprint density at radius 2 is 1.62 bits per heavy atom. The number of nitrogens with zero attached hydrogens (tertiary/aromatic N) is 2. The largest absolute Gasteiger partial charge is 0.244 e. The Morgan fingerprint density at radius 3 is 2.48 bits per heavy atom. The second-order valence-corrected chi connectivity index (χ2v) is 5.24. The molecule has 0 atom stereocenters. The molecule has 0 bridgehead atoms. The highest BCUT2D eigenvalue weighted by Gasteiger charge is 2.28. The Balaban J connectivity index is 1.97. The first kappa shape index (κ1) is 10.8. The Morgan fingerprint density at radius 1 is 0.810 bits per heavy atom. The molecular formula is C19H10N2. The molecule has 3 aromatic rings. The van der Waals surface area contributed by atoms with E-state index in [-0.39, 0.29) is 0 Å². The summed E-state index contributed by atoms with van der Waals surface area (Å²) in [6.07, 6.45) is 6.06. The van der Waals surface area contributed by atoms with Crippen molar-refractivity contribution in [1.29, 1.82) is 0 Å². The predicted molar refractivity (Wildman–Crippen MR) is 84.6 cm³/mol. The van der Waals surface area contributed by atoms with Crippen molar-refractivity contribution in [3.63, 3.8) is 0 Å². The van der Waals surface area contributed by atoms with E-state index in [0.29, 0.717) is 0 Å². The van der Waals surface area contributed by atoms with Gasteiger partial charge in [-0.3, -0.25) is 0 Å². The molecule has 2 aliphatic rings. The normalized spacial score (nSPS) is 13.8. The lowest BCUT2D eigenvalue weighted by Gasteiger charge is -2.03. The van der Waals surface area contributed by atoms with Gasteiger partial charge >= 0.3 is 0 Å². The van der Waals surface area contributed by atoms with Gasteiger partial charge in [-0.1, -0.05) is 30.3 Å². The molecule has 0 saturated carbocycles. The summed E-state index contributed by atoms with van der Waals surface area (Å²) in [7, 11) is 0. The summed E-state index contributed by atoms with van der Waals surface area (Å²) >= 11 is 0. The van der Waals surface area contributed by atoms with Crippen LogP contribution in [0.1, 0.15) is 16.8 Å². The average molecular weight is 266 g/mol. The lowest BCUT2D eigenvalue weighted by Crippen LogP contribution is -1.91. The van der Waals surface area contributed by atoms with E-state index < -0.39 is 0 Å². The summed E-state index contributed by atoms with van der Waals surface area (Å²) in [5.41, 5.74) is 11.7. The number of benzene rings is 2. The van der Waals surface area contributed by atoms with Gasteiger partial charge in [-0.15, -0.1) is 5.73 Å². The zero-order valence-electron chi connectivity index (χ0n) is 11.2. The molecule has 0 saturated heterocycles. The maximum atomic E-state index is 4.85. The van der Waals surface area contributed by atoms with Gasteiger partial charge in [0.25, 0.3) is 0 Å². The molecule has 96 valence electrons. The highest BCUT2D eigenvalue weighted by atomic mass is 14.8. The van der Waals surface area contributed by atoms with Crippen molar-refractivity contribution in [3.8, 4) is 11.3 Å². The summed E-state index contributed by atoms with van der Waals surface area (Å²) in [4.78, 5) is 9.69. The Kier molecular flexibility index (Phi) is 1.94. The lowest BCUT2D eigenvalue weighted by atomic mass is 10.00. The topological polar surface area (TPSA) is 25.8 Å². The van der Waals surface area contributed by atoms with Crippen LogP contribution in [0.3, 0.4) is 0 Å². The van der Waals surface area contributed by atoms with Crippen LogP contribution < -0.4 is 0 Å². The Hall–Kier alpha value is -2.96. The smallest absolute Gasteiger partial charge is 0.0979 e. The van der Waals surface area contributed by atoms with Crippen LogP contribution >= 0.6 is 0 Å². The van der Waals surface area contributed by atoms with Crippen LogP contribution in [0.5, 0.6) is 0 Å². The van der Waals surface area contributed by atoms with Crippen LogP contribution in [0.4, 0.5) is 0 Å².